The molecular weight excluding hydrogens is 360 g/mol. The van der Waals surface area contributed by atoms with Gasteiger partial charge < -0.3 is 10.1 Å². The molecule has 27 heavy (non-hydrogen) atoms. The van der Waals surface area contributed by atoms with E-state index >= 15 is 0 Å². The van der Waals surface area contributed by atoms with Crippen LogP contribution >= 0.6 is 11.8 Å². The minimum absolute atomic E-state index is 0.213. The third-order valence-corrected chi connectivity index (χ3v) is 5.75. The average molecular weight is 385 g/mol. The summed E-state index contributed by atoms with van der Waals surface area (Å²) in [6.45, 7) is 3.85. The van der Waals surface area contributed by atoms with Gasteiger partial charge in [-0.05, 0) is 62.1 Å². The highest BCUT2D eigenvalue weighted by molar-refractivity contribution is 7.99. The molecule has 1 saturated carbocycles. The first kappa shape index (κ1) is 19.4. The normalized spacial score (nSPS) is 14.1. The highest BCUT2D eigenvalue weighted by Gasteiger charge is 2.20. The van der Waals surface area contributed by atoms with Crippen molar-refractivity contribution in [2.45, 2.75) is 55.5 Å². The molecular formula is C21H24N2O3S. The number of esters is 1. The standard InChI is InChI=1S/C21H24N2O3S/c1-14-9-10-17(12-15(14)2)27-20-18(8-5-11-22-20)21(25)26-13-19(24)23-16-6-3-4-7-16/h5,8-12,16H,3-4,6-7,13H2,1-2H3,(H,23,24). The molecule has 1 N–H and O–H groups in total. The van der Waals surface area contributed by atoms with Crippen LogP contribution in [0.3, 0.4) is 0 Å². The number of hydrogen-bond acceptors (Lipinski definition) is 5. The Morgan fingerprint density at radius 3 is 2.70 bits per heavy atom. The van der Waals surface area contributed by atoms with Crippen molar-refractivity contribution in [1.29, 1.82) is 0 Å². The molecule has 1 aliphatic carbocycles. The molecule has 5 nitrogen and oxygen atoms in total. The van der Waals surface area contributed by atoms with Gasteiger partial charge in [0.25, 0.3) is 5.91 Å². The maximum atomic E-state index is 12.5. The Kier molecular flexibility index (Phi) is 6.50. The van der Waals surface area contributed by atoms with Crippen molar-refractivity contribution in [2.75, 3.05) is 6.61 Å². The number of aromatic nitrogens is 1. The number of nitrogens with one attached hydrogen (secondary N) is 1. The molecule has 1 amide bonds. The van der Waals surface area contributed by atoms with E-state index in [4.69, 9.17) is 4.74 Å². The third kappa shape index (κ3) is 5.32. The van der Waals surface area contributed by atoms with Gasteiger partial charge in [0.05, 0.1) is 5.56 Å². The van der Waals surface area contributed by atoms with Gasteiger partial charge in [-0.1, -0.05) is 30.7 Å². The van der Waals surface area contributed by atoms with E-state index in [9.17, 15) is 9.59 Å². The van der Waals surface area contributed by atoms with E-state index in [1.54, 1.807) is 18.3 Å². The van der Waals surface area contributed by atoms with Gasteiger partial charge in [-0.25, -0.2) is 9.78 Å². The number of rotatable bonds is 6. The molecule has 0 bridgehead atoms. The largest absolute Gasteiger partial charge is 0.452 e. The molecule has 3 rings (SSSR count). The Hall–Kier alpha value is -2.34. The van der Waals surface area contributed by atoms with Crippen LogP contribution in [0.4, 0.5) is 0 Å². The van der Waals surface area contributed by atoms with E-state index in [1.807, 2.05) is 12.1 Å². The van der Waals surface area contributed by atoms with E-state index in [1.165, 1.54) is 22.9 Å². The number of ether oxygens (including phenoxy) is 1. The third-order valence-electron chi connectivity index (χ3n) is 4.74. The van der Waals surface area contributed by atoms with Gasteiger partial charge in [-0.3, -0.25) is 4.79 Å². The van der Waals surface area contributed by atoms with Crippen LogP contribution in [-0.4, -0.2) is 29.5 Å². The van der Waals surface area contributed by atoms with Crippen LogP contribution in [-0.2, 0) is 9.53 Å². The van der Waals surface area contributed by atoms with Gasteiger partial charge in [0.15, 0.2) is 6.61 Å². The molecule has 6 heteroatoms. The summed E-state index contributed by atoms with van der Waals surface area (Å²) in [5.41, 5.74) is 2.77. The average Bonchev–Trinajstić information content (AvgIpc) is 3.16. The maximum Gasteiger partial charge on any atom is 0.341 e. The smallest absolute Gasteiger partial charge is 0.341 e. The minimum atomic E-state index is -0.531. The number of carbonyl (C=O) groups excluding carboxylic acids is 2. The summed E-state index contributed by atoms with van der Waals surface area (Å²) in [6.07, 6.45) is 5.92. The summed E-state index contributed by atoms with van der Waals surface area (Å²) in [5, 5.41) is 3.49. The fraction of sp³-hybridized carbons (Fsp3) is 0.381. The van der Waals surface area contributed by atoms with Gasteiger partial charge in [-0.15, -0.1) is 0 Å². The van der Waals surface area contributed by atoms with Gasteiger partial charge in [0.1, 0.15) is 5.03 Å². The summed E-state index contributed by atoms with van der Waals surface area (Å²) in [4.78, 5) is 29.8. The monoisotopic (exact) mass is 384 g/mol. The second kappa shape index (κ2) is 9.04. The van der Waals surface area contributed by atoms with Crippen LogP contribution in [0.25, 0.3) is 0 Å². The predicted molar refractivity (Wildman–Crippen MR) is 105 cm³/mol. The van der Waals surface area contributed by atoms with Gasteiger partial charge in [0, 0.05) is 17.1 Å². The minimum Gasteiger partial charge on any atom is -0.452 e. The molecule has 1 aliphatic rings. The number of nitrogens with zero attached hydrogens (tertiary/aromatic N) is 1. The van der Waals surface area contributed by atoms with Crippen LogP contribution in [0.5, 0.6) is 0 Å². The van der Waals surface area contributed by atoms with E-state index in [0.717, 1.165) is 30.6 Å². The topological polar surface area (TPSA) is 68.3 Å². The second-order valence-electron chi connectivity index (χ2n) is 6.83. The number of pyridine rings is 1. The lowest BCUT2D eigenvalue weighted by molar-refractivity contribution is -0.124. The molecule has 1 aromatic carbocycles. The van der Waals surface area contributed by atoms with Crippen LogP contribution in [0.1, 0.15) is 47.2 Å². The molecule has 0 aliphatic heterocycles. The first-order chi connectivity index (χ1) is 13.0. The molecule has 142 valence electrons. The van der Waals surface area contributed by atoms with E-state index < -0.39 is 5.97 Å². The summed E-state index contributed by atoms with van der Waals surface area (Å²) in [7, 11) is 0. The highest BCUT2D eigenvalue weighted by atomic mass is 32.2. The molecule has 0 spiro atoms. The van der Waals surface area contributed by atoms with Gasteiger partial charge in [-0.2, -0.15) is 0 Å². The molecule has 0 saturated heterocycles. The number of carbonyl (C=O) groups is 2. The van der Waals surface area contributed by atoms with Crippen molar-refractivity contribution in [3.05, 3.63) is 53.2 Å². The Bertz CT molecular complexity index is 832. The molecule has 1 aromatic heterocycles. The van der Waals surface area contributed by atoms with E-state index in [-0.39, 0.29) is 18.6 Å². The van der Waals surface area contributed by atoms with Gasteiger partial charge in [0.2, 0.25) is 0 Å². The quantitative estimate of drug-likeness (QED) is 0.761. The van der Waals surface area contributed by atoms with Crippen molar-refractivity contribution >= 4 is 23.6 Å². The number of aryl methyl sites for hydroxylation is 2. The number of hydrogen-bond donors (Lipinski definition) is 1. The molecule has 0 radical (unpaired) electrons. The molecule has 1 heterocycles. The molecule has 0 unspecified atom stereocenters. The van der Waals surface area contributed by atoms with Crippen molar-refractivity contribution in [3.8, 4) is 0 Å². The van der Waals surface area contributed by atoms with Crippen LogP contribution < -0.4 is 5.32 Å². The lowest BCUT2D eigenvalue weighted by Gasteiger charge is -2.12. The van der Waals surface area contributed by atoms with Gasteiger partial charge >= 0.3 is 5.97 Å². The fourth-order valence-corrected chi connectivity index (χ4v) is 4.03. The fourth-order valence-electron chi connectivity index (χ4n) is 3.06. The summed E-state index contributed by atoms with van der Waals surface area (Å²) in [6, 6.07) is 9.70. The lowest BCUT2D eigenvalue weighted by Crippen LogP contribution is -2.35. The van der Waals surface area contributed by atoms with E-state index in [0.29, 0.717) is 10.6 Å². The second-order valence-corrected chi connectivity index (χ2v) is 7.89. The number of benzene rings is 1. The molecule has 2 aromatic rings. The zero-order chi connectivity index (χ0) is 19.2. The first-order valence-electron chi connectivity index (χ1n) is 9.19. The first-order valence-corrected chi connectivity index (χ1v) is 10.0. The van der Waals surface area contributed by atoms with Crippen LogP contribution in [0, 0.1) is 13.8 Å². The van der Waals surface area contributed by atoms with Crippen molar-refractivity contribution in [2.24, 2.45) is 0 Å². The Morgan fingerprint density at radius 1 is 1.19 bits per heavy atom. The molecule has 1 fully saturated rings. The van der Waals surface area contributed by atoms with Crippen molar-refractivity contribution in [1.82, 2.24) is 10.3 Å². The van der Waals surface area contributed by atoms with Crippen LogP contribution in [0.2, 0.25) is 0 Å². The summed E-state index contributed by atoms with van der Waals surface area (Å²) >= 11 is 1.41. The number of amides is 1. The van der Waals surface area contributed by atoms with Crippen molar-refractivity contribution in [3.63, 3.8) is 0 Å². The predicted octanol–water partition coefficient (Wildman–Crippen LogP) is 4.07. The summed E-state index contributed by atoms with van der Waals surface area (Å²) < 4.78 is 5.22. The molecule has 0 atom stereocenters. The zero-order valence-electron chi connectivity index (χ0n) is 15.7. The van der Waals surface area contributed by atoms with Crippen LogP contribution in [0.15, 0.2) is 46.5 Å². The Labute approximate surface area is 163 Å². The Balaban J connectivity index is 1.62. The van der Waals surface area contributed by atoms with Crippen molar-refractivity contribution < 1.29 is 14.3 Å². The lowest BCUT2D eigenvalue weighted by atomic mass is 10.1. The summed E-state index contributed by atoms with van der Waals surface area (Å²) in [5.74, 6) is -0.779. The van der Waals surface area contributed by atoms with E-state index in [2.05, 4.69) is 30.2 Å². The Morgan fingerprint density at radius 2 is 1.96 bits per heavy atom. The highest BCUT2D eigenvalue weighted by Crippen LogP contribution is 2.30. The SMILES string of the molecule is Cc1ccc(Sc2ncccc2C(=O)OCC(=O)NC2CCCC2)cc1C. The maximum absolute atomic E-state index is 12.5. The zero-order valence-corrected chi connectivity index (χ0v) is 16.5.